The van der Waals surface area contributed by atoms with E-state index in [0.717, 1.165) is 15.8 Å². The van der Waals surface area contributed by atoms with Gasteiger partial charge in [-0.15, -0.1) is 0 Å². The fourth-order valence-electron chi connectivity index (χ4n) is 1.29. The Labute approximate surface area is 87.2 Å². The highest BCUT2D eigenvalue weighted by atomic mass is 79.9. The fourth-order valence-corrected chi connectivity index (χ4v) is 1.84. The van der Waals surface area contributed by atoms with E-state index in [2.05, 4.69) is 15.9 Å². The Morgan fingerprint density at radius 1 is 1.46 bits per heavy atom. The topological polar surface area (TPSA) is 35.2 Å². The molecule has 0 aliphatic carbocycles. The van der Waals surface area contributed by atoms with E-state index in [0.29, 0.717) is 13.2 Å². The van der Waals surface area contributed by atoms with Crippen LogP contribution in [0.2, 0.25) is 0 Å². The molecule has 2 nitrogen and oxygen atoms in total. The average molecular weight is 244 g/mol. The summed E-state index contributed by atoms with van der Waals surface area (Å²) in [6, 6.07) is 4.00. The van der Waals surface area contributed by atoms with E-state index in [9.17, 15) is 0 Å². The molecule has 0 aliphatic rings. The molecular weight excluding hydrogens is 230 g/mol. The number of hydrogen-bond donors (Lipinski definition) is 1. The normalized spacial score (nSPS) is 10.2. The van der Waals surface area contributed by atoms with Crippen LogP contribution in [-0.4, -0.2) is 6.61 Å². The summed E-state index contributed by atoms with van der Waals surface area (Å²) in [7, 11) is 0. The molecule has 13 heavy (non-hydrogen) atoms. The van der Waals surface area contributed by atoms with Crippen molar-refractivity contribution < 1.29 is 4.74 Å². The number of rotatable bonds is 3. The van der Waals surface area contributed by atoms with Gasteiger partial charge in [-0.3, -0.25) is 0 Å². The first kappa shape index (κ1) is 10.5. The van der Waals surface area contributed by atoms with Crippen LogP contribution in [0.15, 0.2) is 16.6 Å². The molecule has 0 amide bonds. The predicted octanol–water partition coefficient (Wildman–Crippen LogP) is 2.61. The molecule has 3 heteroatoms. The zero-order valence-electron chi connectivity index (χ0n) is 7.93. The number of aryl methyl sites for hydroxylation is 1. The molecule has 1 aromatic carbocycles. The van der Waals surface area contributed by atoms with E-state index < -0.39 is 0 Å². The number of hydrogen-bond acceptors (Lipinski definition) is 2. The van der Waals surface area contributed by atoms with Gasteiger partial charge in [-0.05, 0) is 31.5 Å². The van der Waals surface area contributed by atoms with Gasteiger partial charge in [0.1, 0.15) is 5.75 Å². The molecule has 0 saturated carbocycles. The maximum atomic E-state index is 5.64. The predicted molar refractivity (Wildman–Crippen MR) is 57.9 cm³/mol. The highest BCUT2D eigenvalue weighted by molar-refractivity contribution is 9.10. The molecule has 0 aromatic heterocycles. The van der Waals surface area contributed by atoms with Gasteiger partial charge in [0.05, 0.1) is 6.61 Å². The van der Waals surface area contributed by atoms with Crippen LogP contribution in [-0.2, 0) is 6.54 Å². The van der Waals surface area contributed by atoms with Gasteiger partial charge in [0.15, 0.2) is 0 Å². The maximum Gasteiger partial charge on any atom is 0.125 e. The Balaban J connectivity index is 3.13. The first-order chi connectivity index (χ1) is 6.19. The minimum absolute atomic E-state index is 0.522. The van der Waals surface area contributed by atoms with Gasteiger partial charge in [-0.2, -0.15) is 0 Å². The number of benzene rings is 1. The Bertz CT molecular complexity index is 299. The molecular formula is C10H14BrNO. The summed E-state index contributed by atoms with van der Waals surface area (Å²) in [5.74, 6) is 0.886. The van der Waals surface area contributed by atoms with Crippen molar-refractivity contribution in [3.63, 3.8) is 0 Å². The third-order valence-corrected chi connectivity index (χ3v) is 2.36. The van der Waals surface area contributed by atoms with Crippen molar-refractivity contribution >= 4 is 15.9 Å². The van der Waals surface area contributed by atoms with Gasteiger partial charge in [0, 0.05) is 16.6 Å². The smallest absolute Gasteiger partial charge is 0.125 e. The minimum Gasteiger partial charge on any atom is -0.493 e. The van der Waals surface area contributed by atoms with E-state index in [1.54, 1.807) is 0 Å². The van der Waals surface area contributed by atoms with Crippen LogP contribution in [0.1, 0.15) is 18.1 Å². The van der Waals surface area contributed by atoms with Gasteiger partial charge >= 0.3 is 0 Å². The average Bonchev–Trinajstić information content (AvgIpc) is 2.04. The molecule has 0 saturated heterocycles. The molecule has 0 heterocycles. The van der Waals surface area contributed by atoms with Gasteiger partial charge in [0.2, 0.25) is 0 Å². The van der Waals surface area contributed by atoms with Gasteiger partial charge < -0.3 is 10.5 Å². The first-order valence-corrected chi connectivity index (χ1v) is 5.10. The summed E-state index contributed by atoms with van der Waals surface area (Å²) in [4.78, 5) is 0. The van der Waals surface area contributed by atoms with Gasteiger partial charge in [0.25, 0.3) is 0 Å². The number of ether oxygens (including phenoxy) is 1. The van der Waals surface area contributed by atoms with Crippen molar-refractivity contribution in [2.45, 2.75) is 20.4 Å². The summed E-state index contributed by atoms with van der Waals surface area (Å²) in [6.45, 7) is 5.20. The second-order valence-electron chi connectivity index (χ2n) is 2.84. The lowest BCUT2D eigenvalue weighted by Crippen LogP contribution is -2.04. The molecule has 0 unspecified atom stereocenters. The molecule has 0 bridgehead atoms. The van der Waals surface area contributed by atoms with E-state index >= 15 is 0 Å². The Morgan fingerprint density at radius 3 is 2.69 bits per heavy atom. The SMILES string of the molecule is CCOc1cc(Br)cc(C)c1CN. The Morgan fingerprint density at radius 2 is 2.15 bits per heavy atom. The highest BCUT2D eigenvalue weighted by Gasteiger charge is 2.06. The molecule has 0 fully saturated rings. The quantitative estimate of drug-likeness (QED) is 0.886. The standard InChI is InChI=1S/C10H14BrNO/c1-3-13-10-5-8(11)4-7(2)9(10)6-12/h4-5H,3,6,12H2,1-2H3. The monoisotopic (exact) mass is 243 g/mol. The molecule has 2 N–H and O–H groups in total. The molecule has 72 valence electrons. The zero-order chi connectivity index (χ0) is 9.84. The molecule has 0 spiro atoms. The van der Waals surface area contributed by atoms with Crippen molar-refractivity contribution in [3.8, 4) is 5.75 Å². The molecule has 0 atom stereocenters. The van der Waals surface area contributed by atoms with Crippen molar-refractivity contribution in [3.05, 3.63) is 27.7 Å². The van der Waals surface area contributed by atoms with E-state index in [1.807, 2.05) is 26.0 Å². The maximum absolute atomic E-state index is 5.64. The third-order valence-electron chi connectivity index (χ3n) is 1.90. The molecule has 1 rings (SSSR count). The van der Waals surface area contributed by atoms with Crippen LogP contribution in [0, 0.1) is 6.92 Å². The van der Waals surface area contributed by atoms with Crippen LogP contribution in [0.25, 0.3) is 0 Å². The largest absolute Gasteiger partial charge is 0.493 e. The van der Waals surface area contributed by atoms with Crippen LogP contribution < -0.4 is 10.5 Å². The van der Waals surface area contributed by atoms with Crippen LogP contribution in [0.3, 0.4) is 0 Å². The number of halogens is 1. The van der Waals surface area contributed by atoms with Crippen molar-refractivity contribution in [1.82, 2.24) is 0 Å². The van der Waals surface area contributed by atoms with Crippen molar-refractivity contribution in [1.29, 1.82) is 0 Å². The summed E-state index contributed by atoms with van der Waals surface area (Å²) in [5.41, 5.74) is 7.89. The molecule has 1 aromatic rings. The summed E-state index contributed by atoms with van der Waals surface area (Å²) in [6.07, 6.45) is 0. The zero-order valence-corrected chi connectivity index (χ0v) is 9.52. The summed E-state index contributed by atoms with van der Waals surface area (Å²) < 4.78 is 6.51. The lowest BCUT2D eigenvalue weighted by molar-refractivity contribution is 0.336. The lowest BCUT2D eigenvalue weighted by Gasteiger charge is -2.11. The van der Waals surface area contributed by atoms with Crippen LogP contribution in [0.5, 0.6) is 5.75 Å². The fraction of sp³-hybridized carbons (Fsp3) is 0.400. The van der Waals surface area contributed by atoms with Crippen molar-refractivity contribution in [2.75, 3.05) is 6.61 Å². The van der Waals surface area contributed by atoms with Crippen LogP contribution >= 0.6 is 15.9 Å². The van der Waals surface area contributed by atoms with E-state index in [4.69, 9.17) is 10.5 Å². The lowest BCUT2D eigenvalue weighted by atomic mass is 10.1. The van der Waals surface area contributed by atoms with Gasteiger partial charge in [-0.25, -0.2) is 0 Å². The number of nitrogens with two attached hydrogens (primary N) is 1. The second-order valence-corrected chi connectivity index (χ2v) is 3.75. The highest BCUT2D eigenvalue weighted by Crippen LogP contribution is 2.26. The Kier molecular flexibility index (Phi) is 3.75. The van der Waals surface area contributed by atoms with Crippen molar-refractivity contribution in [2.24, 2.45) is 5.73 Å². The third kappa shape index (κ3) is 2.45. The van der Waals surface area contributed by atoms with Crippen LogP contribution in [0.4, 0.5) is 0 Å². The Hall–Kier alpha value is -0.540. The second kappa shape index (κ2) is 4.63. The molecule has 0 radical (unpaired) electrons. The first-order valence-electron chi connectivity index (χ1n) is 4.31. The summed E-state index contributed by atoms with van der Waals surface area (Å²) in [5, 5.41) is 0. The summed E-state index contributed by atoms with van der Waals surface area (Å²) >= 11 is 3.43. The van der Waals surface area contributed by atoms with E-state index in [-0.39, 0.29) is 0 Å². The minimum atomic E-state index is 0.522. The molecule has 0 aliphatic heterocycles. The van der Waals surface area contributed by atoms with Gasteiger partial charge in [-0.1, -0.05) is 15.9 Å². The van der Waals surface area contributed by atoms with E-state index in [1.165, 1.54) is 5.56 Å².